The van der Waals surface area contributed by atoms with Crippen molar-refractivity contribution in [2.75, 3.05) is 18.0 Å². The molecule has 4 nitrogen and oxygen atoms in total. The number of pyridine rings is 1. The van der Waals surface area contributed by atoms with Crippen molar-refractivity contribution >= 4 is 17.0 Å². The van der Waals surface area contributed by atoms with Crippen LogP contribution in [-0.2, 0) is 13.0 Å². The second kappa shape index (κ2) is 7.00. The predicted molar refractivity (Wildman–Crippen MR) is 87.8 cm³/mol. The van der Waals surface area contributed by atoms with Gasteiger partial charge in [0, 0.05) is 54.8 Å². The minimum absolute atomic E-state index is 0.608. The van der Waals surface area contributed by atoms with E-state index < -0.39 is 0 Å². The molecule has 2 aromatic rings. The summed E-state index contributed by atoms with van der Waals surface area (Å²) in [5, 5.41) is 4.87. The number of anilines is 1. The lowest BCUT2D eigenvalue weighted by Crippen LogP contribution is -2.42. The molecular formula is C16H22N4S. The summed E-state index contributed by atoms with van der Waals surface area (Å²) in [6.45, 7) is 5.31. The highest BCUT2D eigenvalue weighted by atomic mass is 32.1. The molecule has 21 heavy (non-hydrogen) atoms. The van der Waals surface area contributed by atoms with Crippen LogP contribution in [0.4, 0.5) is 5.69 Å². The summed E-state index contributed by atoms with van der Waals surface area (Å²) >= 11 is 1.83. The van der Waals surface area contributed by atoms with Gasteiger partial charge < -0.3 is 10.2 Å². The van der Waals surface area contributed by atoms with Crippen LogP contribution in [-0.4, -0.2) is 29.1 Å². The molecule has 3 rings (SSSR count). The van der Waals surface area contributed by atoms with E-state index in [2.05, 4.69) is 39.2 Å². The second-order valence-corrected chi connectivity index (χ2v) is 6.62. The molecule has 112 valence electrons. The molecule has 0 radical (unpaired) electrons. The van der Waals surface area contributed by atoms with Crippen LogP contribution in [0.5, 0.6) is 0 Å². The monoisotopic (exact) mass is 302 g/mol. The van der Waals surface area contributed by atoms with Crippen LogP contribution in [0, 0.1) is 0 Å². The zero-order chi connectivity index (χ0) is 14.5. The summed E-state index contributed by atoms with van der Waals surface area (Å²) in [5.41, 5.74) is 1.29. The van der Waals surface area contributed by atoms with Gasteiger partial charge in [-0.25, -0.2) is 4.98 Å². The van der Waals surface area contributed by atoms with E-state index in [1.54, 1.807) is 0 Å². The standard InChI is InChI=1S/C16H22N4S/c1-2-15-11-19-16(21-15)12-18-13-5-9-20(10-6-13)14-3-7-17-8-4-14/h3-4,7-8,11,13,18H,2,5-6,9-10,12H2,1H3. The molecule has 0 atom stereocenters. The Morgan fingerprint density at radius 2 is 2.05 bits per heavy atom. The third kappa shape index (κ3) is 3.80. The molecule has 1 aliphatic rings. The largest absolute Gasteiger partial charge is 0.371 e. The van der Waals surface area contributed by atoms with Crippen molar-refractivity contribution in [3.8, 4) is 0 Å². The zero-order valence-electron chi connectivity index (χ0n) is 12.5. The van der Waals surface area contributed by atoms with Gasteiger partial charge in [0.1, 0.15) is 5.01 Å². The fraction of sp³-hybridized carbons (Fsp3) is 0.500. The lowest BCUT2D eigenvalue weighted by Gasteiger charge is -2.33. The first-order chi connectivity index (χ1) is 10.3. The molecule has 0 aromatic carbocycles. The quantitative estimate of drug-likeness (QED) is 0.922. The Kier molecular flexibility index (Phi) is 4.83. The number of nitrogens with zero attached hydrogens (tertiary/aromatic N) is 3. The number of piperidine rings is 1. The second-order valence-electron chi connectivity index (χ2n) is 5.42. The Labute approximate surface area is 130 Å². The SMILES string of the molecule is CCc1cnc(CNC2CCN(c3ccncc3)CC2)s1. The number of aryl methyl sites for hydroxylation is 1. The van der Waals surface area contributed by atoms with Gasteiger partial charge in [0.2, 0.25) is 0 Å². The van der Waals surface area contributed by atoms with E-state index in [0.717, 1.165) is 26.1 Å². The van der Waals surface area contributed by atoms with Gasteiger partial charge >= 0.3 is 0 Å². The van der Waals surface area contributed by atoms with E-state index in [0.29, 0.717) is 6.04 Å². The first-order valence-electron chi connectivity index (χ1n) is 7.67. The van der Waals surface area contributed by atoms with Crippen molar-refractivity contribution < 1.29 is 0 Å². The van der Waals surface area contributed by atoms with E-state index in [9.17, 15) is 0 Å². The van der Waals surface area contributed by atoms with Crippen LogP contribution in [0.15, 0.2) is 30.7 Å². The van der Waals surface area contributed by atoms with E-state index in [1.807, 2.05) is 29.9 Å². The third-order valence-electron chi connectivity index (χ3n) is 4.01. The number of nitrogens with one attached hydrogen (secondary N) is 1. The van der Waals surface area contributed by atoms with Crippen LogP contribution in [0.25, 0.3) is 0 Å². The molecule has 0 saturated carbocycles. The van der Waals surface area contributed by atoms with Gasteiger partial charge in [-0.1, -0.05) is 6.92 Å². The molecule has 3 heterocycles. The lowest BCUT2D eigenvalue weighted by atomic mass is 10.0. The molecule has 1 aliphatic heterocycles. The maximum absolute atomic E-state index is 4.47. The fourth-order valence-corrected chi connectivity index (χ4v) is 3.53. The predicted octanol–water partition coefficient (Wildman–Crippen LogP) is 2.86. The smallest absolute Gasteiger partial charge is 0.107 e. The van der Waals surface area contributed by atoms with Gasteiger partial charge in [0.15, 0.2) is 0 Å². The molecule has 0 spiro atoms. The molecule has 0 unspecified atom stereocenters. The van der Waals surface area contributed by atoms with Gasteiger partial charge in [-0.15, -0.1) is 11.3 Å². The van der Waals surface area contributed by atoms with E-state index in [-0.39, 0.29) is 0 Å². The zero-order valence-corrected chi connectivity index (χ0v) is 13.3. The minimum atomic E-state index is 0.608. The van der Waals surface area contributed by atoms with Gasteiger partial charge in [0.05, 0.1) is 0 Å². The summed E-state index contributed by atoms with van der Waals surface area (Å²) in [4.78, 5) is 12.4. The van der Waals surface area contributed by atoms with E-state index in [4.69, 9.17) is 0 Å². The Hall–Kier alpha value is -1.46. The summed E-state index contributed by atoms with van der Waals surface area (Å²) < 4.78 is 0. The highest BCUT2D eigenvalue weighted by molar-refractivity contribution is 7.11. The number of aromatic nitrogens is 2. The van der Waals surface area contributed by atoms with Crippen LogP contribution < -0.4 is 10.2 Å². The lowest BCUT2D eigenvalue weighted by molar-refractivity contribution is 0.413. The fourth-order valence-electron chi connectivity index (χ4n) is 2.72. The van der Waals surface area contributed by atoms with Gasteiger partial charge in [-0.2, -0.15) is 0 Å². The molecule has 2 aromatic heterocycles. The Morgan fingerprint density at radius 3 is 2.71 bits per heavy atom. The minimum Gasteiger partial charge on any atom is -0.371 e. The van der Waals surface area contributed by atoms with Crippen molar-refractivity contribution in [1.82, 2.24) is 15.3 Å². The molecule has 1 saturated heterocycles. The highest BCUT2D eigenvalue weighted by Gasteiger charge is 2.19. The van der Waals surface area contributed by atoms with Crippen molar-refractivity contribution in [3.63, 3.8) is 0 Å². The van der Waals surface area contributed by atoms with Crippen LogP contribution in [0.1, 0.15) is 29.7 Å². The molecule has 5 heteroatoms. The molecular weight excluding hydrogens is 280 g/mol. The molecule has 1 N–H and O–H groups in total. The molecule has 0 aliphatic carbocycles. The first-order valence-corrected chi connectivity index (χ1v) is 8.48. The average Bonchev–Trinajstić information content (AvgIpc) is 3.02. The Morgan fingerprint density at radius 1 is 1.29 bits per heavy atom. The summed E-state index contributed by atoms with van der Waals surface area (Å²) in [6, 6.07) is 4.79. The molecule has 1 fully saturated rings. The third-order valence-corrected chi connectivity index (χ3v) is 5.16. The highest BCUT2D eigenvalue weighted by Crippen LogP contribution is 2.19. The Bertz CT molecular complexity index is 546. The first kappa shape index (κ1) is 14.5. The van der Waals surface area contributed by atoms with E-state index >= 15 is 0 Å². The van der Waals surface area contributed by atoms with Crippen LogP contribution in [0.2, 0.25) is 0 Å². The maximum atomic E-state index is 4.47. The van der Waals surface area contributed by atoms with Gasteiger partial charge in [-0.3, -0.25) is 4.98 Å². The summed E-state index contributed by atoms with van der Waals surface area (Å²) in [6.07, 6.45) is 9.21. The summed E-state index contributed by atoms with van der Waals surface area (Å²) in [7, 11) is 0. The van der Waals surface area contributed by atoms with Crippen molar-refractivity contribution in [1.29, 1.82) is 0 Å². The summed E-state index contributed by atoms with van der Waals surface area (Å²) in [5.74, 6) is 0. The van der Waals surface area contributed by atoms with Crippen LogP contribution in [0.3, 0.4) is 0 Å². The van der Waals surface area contributed by atoms with E-state index in [1.165, 1.54) is 28.4 Å². The number of thiazole rings is 1. The van der Waals surface area contributed by atoms with Gasteiger partial charge in [0.25, 0.3) is 0 Å². The number of rotatable bonds is 5. The van der Waals surface area contributed by atoms with Crippen molar-refractivity contribution in [2.45, 2.75) is 38.8 Å². The molecule has 0 amide bonds. The van der Waals surface area contributed by atoms with Gasteiger partial charge in [-0.05, 0) is 31.4 Å². The number of hydrogen-bond acceptors (Lipinski definition) is 5. The number of hydrogen-bond donors (Lipinski definition) is 1. The normalized spacial score (nSPS) is 16.3. The average molecular weight is 302 g/mol. The molecule has 0 bridgehead atoms. The van der Waals surface area contributed by atoms with Crippen LogP contribution >= 0.6 is 11.3 Å². The van der Waals surface area contributed by atoms with Crippen molar-refractivity contribution in [3.05, 3.63) is 40.6 Å². The van der Waals surface area contributed by atoms with Crippen molar-refractivity contribution in [2.24, 2.45) is 0 Å². The Balaban J connectivity index is 1.45. The topological polar surface area (TPSA) is 41.1 Å². The maximum Gasteiger partial charge on any atom is 0.107 e.